The van der Waals surface area contributed by atoms with Crippen LogP contribution in [0.5, 0.6) is 0 Å². The molecule has 2 aliphatic carbocycles. The van der Waals surface area contributed by atoms with Gasteiger partial charge in [0.05, 0.1) is 0 Å². The summed E-state index contributed by atoms with van der Waals surface area (Å²) >= 11 is -2.28. The van der Waals surface area contributed by atoms with Gasteiger partial charge in [-0.3, -0.25) is 0 Å². The Balaban J connectivity index is 1.68. The molecule has 2 heteroatoms. The first-order valence-corrected chi connectivity index (χ1v) is 23.3. The SMILES string of the molecule is CCC1=Cc2c(cccc2-c2ccc(C)cc2)[C]1=[Zr](=[C]1C(CC)=Cc2c1cccc2-c1ccc(C)cc1)=[Si](C)C. The van der Waals surface area contributed by atoms with Gasteiger partial charge in [0.25, 0.3) is 0 Å². The average Bonchev–Trinajstić information content (AvgIpc) is 3.53. The van der Waals surface area contributed by atoms with Crippen LogP contribution in [0.25, 0.3) is 34.4 Å². The zero-order valence-electron chi connectivity index (χ0n) is 24.7. The molecule has 0 spiro atoms. The molecule has 0 saturated heterocycles. The molecule has 4 aromatic carbocycles. The molecule has 40 heavy (non-hydrogen) atoms. The number of fused-ring (bicyclic) bond motifs is 2. The van der Waals surface area contributed by atoms with Crippen LogP contribution >= 0.6 is 0 Å². The molecular weight excluding hydrogens is 576 g/mol. The maximum absolute atomic E-state index is 2.60. The number of aryl methyl sites for hydroxylation is 2. The summed E-state index contributed by atoms with van der Waals surface area (Å²) in [6.45, 7) is 14.3. The van der Waals surface area contributed by atoms with E-state index in [0.29, 0.717) is 0 Å². The van der Waals surface area contributed by atoms with Crippen molar-refractivity contribution in [1.82, 2.24) is 0 Å². The molecule has 0 radical (unpaired) electrons. The van der Waals surface area contributed by atoms with E-state index in [-0.39, 0.29) is 0 Å². The Morgan fingerprint density at radius 1 is 0.525 bits per heavy atom. The topological polar surface area (TPSA) is 0 Å². The van der Waals surface area contributed by atoms with Gasteiger partial charge in [-0.05, 0) is 0 Å². The molecule has 0 bridgehead atoms. The molecule has 0 fully saturated rings. The van der Waals surface area contributed by atoms with Gasteiger partial charge in [-0.1, -0.05) is 0 Å². The van der Waals surface area contributed by atoms with Crippen molar-refractivity contribution >= 4 is 24.0 Å². The standard InChI is InChI=1S/2C18H16.C2H6Si.Zr/c2*1-3-14-11-16-5-4-6-17(18(16)12-14)15-9-7-13(2)8-10-15;1-3-2;/h2*4-10,12H,3H2,1-2H3;1-2H3;. The van der Waals surface area contributed by atoms with Gasteiger partial charge in [0.2, 0.25) is 0 Å². The van der Waals surface area contributed by atoms with Crippen molar-refractivity contribution in [1.29, 1.82) is 0 Å². The molecular formula is C38H38SiZr. The molecule has 0 heterocycles. The third-order valence-corrected chi connectivity index (χ3v) is 25.2. The summed E-state index contributed by atoms with van der Waals surface area (Å²) in [4.78, 5) is 0. The van der Waals surface area contributed by atoms with E-state index < -0.39 is 24.8 Å². The number of rotatable bonds is 4. The molecule has 6 rings (SSSR count). The fourth-order valence-electron chi connectivity index (χ4n) is 6.46. The third-order valence-electron chi connectivity index (χ3n) is 8.52. The molecule has 0 aliphatic heterocycles. The Morgan fingerprint density at radius 3 is 1.25 bits per heavy atom. The van der Waals surface area contributed by atoms with Crippen molar-refractivity contribution < 1.29 is 19.4 Å². The van der Waals surface area contributed by atoms with Crippen molar-refractivity contribution in [2.75, 3.05) is 0 Å². The van der Waals surface area contributed by atoms with Gasteiger partial charge in [0, 0.05) is 0 Å². The van der Waals surface area contributed by atoms with Crippen LogP contribution in [0.15, 0.2) is 96.1 Å². The Kier molecular flexibility index (Phi) is 7.68. The van der Waals surface area contributed by atoms with E-state index in [9.17, 15) is 0 Å². The van der Waals surface area contributed by atoms with Crippen LogP contribution < -0.4 is 0 Å². The molecule has 0 saturated carbocycles. The molecule has 0 atom stereocenters. The van der Waals surface area contributed by atoms with Gasteiger partial charge in [0.1, 0.15) is 0 Å². The zero-order chi connectivity index (χ0) is 28.0. The first-order chi connectivity index (χ1) is 19.4. The van der Waals surface area contributed by atoms with E-state index in [1.807, 2.05) is 0 Å². The van der Waals surface area contributed by atoms with Crippen LogP contribution in [-0.4, -0.2) is 11.8 Å². The van der Waals surface area contributed by atoms with Gasteiger partial charge in [-0.15, -0.1) is 0 Å². The molecule has 0 aromatic heterocycles. The van der Waals surface area contributed by atoms with Crippen molar-refractivity contribution in [2.45, 2.75) is 53.6 Å². The summed E-state index contributed by atoms with van der Waals surface area (Å²) in [6.07, 6.45) is 7.32. The number of allylic oxidation sites excluding steroid dienone is 2. The Bertz CT molecular complexity index is 1740. The molecule has 198 valence electrons. The predicted octanol–water partition coefficient (Wildman–Crippen LogP) is 9.86. The van der Waals surface area contributed by atoms with E-state index in [0.717, 1.165) is 12.8 Å². The second-order valence-electron chi connectivity index (χ2n) is 11.4. The molecule has 4 aromatic rings. The minimum atomic E-state index is -2.28. The molecule has 0 amide bonds. The summed E-state index contributed by atoms with van der Waals surface area (Å²) in [5.41, 5.74) is 16.7. The van der Waals surface area contributed by atoms with E-state index in [1.165, 1.54) is 55.6 Å². The van der Waals surface area contributed by atoms with Gasteiger partial charge in [0.15, 0.2) is 0 Å². The van der Waals surface area contributed by atoms with Crippen LogP contribution in [0.2, 0.25) is 13.1 Å². The number of hydrogen-bond acceptors (Lipinski definition) is 0. The summed E-state index contributed by atoms with van der Waals surface area (Å²) in [5, 5.41) is 0. The van der Waals surface area contributed by atoms with Crippen LogP contribution in [0.3, 0.4) is 0 Å². The average molecular weight is 614 g/mol. The Labute approximate surface area is 247 Å². The number of benzene rings is 4. The van der Waals surface area contributed by atoms with Gasteiger partial charge < -0.3 is 0 Å². The fourth-order valence-corrected chi connectivity index (χ4v) is 24.1. The van der Waals surface area contributed by atoms with Gasteiger partial charge in [-0.25, -0.2) is 0 Å². The molecule has 0 unspecified atom stereocenters. The summed E-state index contributed by atoms with van der Waals surface area (Å²) in [5.74, 6) is 0. The second kappa shape index (κ2) is 11.2. The van der Waals surface area contributed by atoms with E-state index in [1.54, 1.807) is 17.6 Å². The molecule has 2 aliphatic rings. The summed E-state index contributed by atoms with van der Waals surface area (Å²) in [6, 6.07) is 32.3. The van der Waals surface area contributed by atoms with Crippen molar-refractivity contribution in [3.05, 3.63) is 129 Å². The predicted molar refractivity (Wildman–Crippen MR) is 175 cm³/mol. The zero-order valence-corrected chi connectivity index (χ0v) is 28.1. The minimum absolute atomic E-state index is 0.530. The normalized spacial score (nSPS) is 13.4. The van der Waals surface area contributed by atoms with E-state index in [2.05, 4.69) is 138 Å². The van der Waals surface area contributed by atoms with Crippen LogP contribution in [-0.2, 0) is 19.4 Å². The fraction of sp³-hybridized carbons (Fsp3) is 0.211. The molecule has 0 N–H and O–H groups in total. The monoisotopic (exact) mass is 612 g/mol. The Morgan fingerprint density at radius 2 is 0.900 bits per heavy atom. The van der Waals surface area contributed by atoms with Crippen LogP contribution in [0.4, 0.5) is 0 Å². The maximum atomic E-state index is 2.60. The van der Waals surface area contributed by atoms with Crippen molar-refractivity contribution in [3.63, 3.8) is 0 Å². The van der Waals surface area contributed by atoms with Crippen molar-refractivity contribution in [3.8, 4) is 22.3 Å². The van der Waals surface area contributed by atoms with E-state index in [4.69, 9.17) is 0 Å². The van der Waals surface area contributed by atoms with Gasteiger partial charge >= 0.3 is 249 Å². The van der Waals surface area contributed by atoms with Crippen LogP contribution in [0.1, 0.15) is 60.1 Å². The second-order valence-corrected chi connectivity index (χ2v) is 28.1. The number of hydrogen-bond donors (Lipinski definition) is 0. The van der Waals surface area contributed by atoms with Crippen molar-refractivity contribution in [2.24, 2.45) is 0 Å². The van der Waals surface area contributed by atoms with E-state index >= 15 is 0 Å². The summed E-state index contributed by atoms with van der Waals surface area (Å²) < 4.78 is 3.55. The van der Waals surface area contributed by atoms with Crippen LogP contribution in [0, 0.1) is 13.8 Å². The first-order valence-electron chi connectivity index (χ1n) is 14.7. The Hall–Kier alpha value is -2.80. The molecule has 0 nitrogen and oxygen atoms in total. The quantitative estimate of drug-likeness (QED) is 0.201. The van der Waals surface area contributed by atoms with Gasteiger partial charge in [-0.2, -0.15) is 0 Å². The third kappa shape index (κ3) is 4.74. The summed E-state index contributed by atoms with van der Waals surface area (Å²) in [7, 11) is 0. The first kappa shape index (κ1) is 27.4.